The van der Waals surface area contributed by atoms with Crippen LogP contribution in [0, 0.1) is 5.82 Å². The lowest BCUT2D eigenvalue weighted by atomic mass is 10.0. The van der Waals surface area contributed by atoms with Gasteiger partial charge in [-0.05, 0) is 32.0 Å². The smallest absolute Gasteiger partial charge is 0.378 e. The normalized spacial score (nSPS) is 19.4. The Morgan fingerprint density at radius 3 is 2.66 bits per heavy atom. The summed E-state index contributed by atoms with van der Waals surface area (Å²) in [6.07, 6.45) is -1.48. The Kier molecular flexibility index (Phi) is 7.41. The van der Waals surface area contributed by atoms with Crippen LogP contribution in [0.15, 0.2) is 35.5 Å². The highest BCUT2D eigenvalue weighted by atomic mass is 19.4. The van der Waals surface area contributed by atoms with Crippen molar-refractivity contribution >= 4 is 17.8 Å². The van der Waals surface area contributed by atoms with Crippen LogP contribution in [0.5, 0.6) is 0 Å². The Balaban J connectivity index is 1.35. The Morgan fingerprint density at radius 2 is 1.94 bits per heavy atom. The van der Waals surface area contributed by atoms with E-state index in [1.807, 2.05) is 23.8 Å². The van der Waals surface area contributed by atoms with Gasteiger partial charge in [-0.1, -0.05) is 6.07 Å². The van der Waals surface area contributed by atoms with E-state index >= 15 is 0 Å². The highest BCUT2D eigenvalue weighted by Crippen LogP contribution is 2.31. The summed E-state index contributed by atoms with van der Waals surface area (Å²) in [5.74, 6) is 0.222. The molecule has 2 aliphatic rings. The molecule has 0 radical (unpaired) electrons. The molecule has 0 unspecified atom stereocenters. The van der Waals surface area contributed by atoms with Gasteiger partial charge in [-0.3, -0.25) is 4.99 Å². The summed E-state index contributed by atoms with van der Waals surface area (Å²) in [4.78, 5) is 16.8. The van der Waals surface area contributed by atoms with E-state index in [0.29, 0.717) is 57.4 Å². The van der Waals surface area contributed by atoms with Gasteiger partial charge in [0.25, 0.3) is 0 Å². The van der Waals surface area contributed by atoms with Crippen molar-refractivity contribution in [1.82, 2.24) is 19.9 Å². The monoisotopic (exact) mass is 495 g/mol. The molecule has 12 heteroatoms. The lowest BCUT2D eigenvalue weighted by Crippen LogP contribution is -2.59. The van der Waals surface area contributed by atoms with Gasteiger partial charge in [0.2, 0.25) is 0 Å². The quantitative estimate of drug-likeness (QED) is 0.374. The number of aliphatic imine (C=N–C) groups is 1. The molecule has 1 aromatic heterocycles. The second-order valence-corrected chi connectivity index (χ2v) is 9.13. The molecule has 1 N–H and O–H groups in total. The second kappa shape index (κ2) is 10.3. The van der Waals surface area contributed by atoms with Crippen LogP contribution in [0.1, 0.15) is 25.2 Å². The maximum Gasteiger partial charge on any atom is 0.416 e. The van der Waals surface area contributed by atoms with Gasteiger partial charge in [-0.25, -0.2) is 19.4 Å². The van der Waals surface area contributed by atoms with Crippen molar-refractivity contribution < 1.29 is 22.3 Å². The van der Waals surface area contributed by atoms with Crippen LogP contribution >= 0.6 is 0 Å². The first kappa shape index (κ1) is 25.1. The van der Waals surface area contributed by atoms with Gasteiger partial charge in [0.05, 0.1) is 31.3 Å². The lowest BCUT2D eigenvalue weighted by molar-refractivity contribution is -0.137. The van der Waals surface area contributed by atoms with Crippen molar-refractivity contribution in [3.8, 4) is 0 Å². The Morgan fingerprint density at radius 1 is 1.17 bits per heavy atom. The average Bonchev–Trinajstić information content (AvgIpc) is 2.81. The predicted molar refractivity (Wildman–Crippen MR) is 125 cm³/mol. The minimum Gasteiger partial charge on any atom is -0.378 e. The first-order valence-electron chi connectivity index (χ1n) is 11.4. The van der Waals surface area contributed by atoms with Gasteiger partial charge in [-0.15, -0.1) is 0 Å². The molecule has 1 aromatic carbocycles. The standard InChI is InChI=1S/C23H29F4N7O/c1-22(2)15-34(31-18-5-3-4-17(12-18)23(25,26)27)7-6-33(22)16-28-14-20-29-13-19(24)21(30-20)32-8-10-35-11-9-32/h3-5,12-13,16,31H,6-11,14-15H2,1-2H3. The molecule has 0 atom stereocenters. The topological polar surface area (TPSA) is 69.1 Å². The third-order valence-corrected chi connectivity index (χ3v) is 5.98. The number of morpholine rings is 1. The maximum absolute atomic E-state index is 14.2. The van der Waals surface area contributed by atoms with Crippen molar-refractivity contribution in [1.29, 1.82) is 0 Å². The highest BCUT2D eigenvalue weighted by Gasteiger charge is 2.33. The number of alkyl halides is 3. The Hall–Kier alpha value is -2.99. The van der Waals surface area contributed by atoms with Crippen LogP contribution in [-0.4, -0.2) is 77.7 Å². The Labute approximate surface area is 201 Å². The number of anilines is 2. The van der Waals surface area contributed by atoms with Crippen molar-refractivity contribution in [2.75, 3.05) is 56.3 Å². The molecule has 0 aliphatic carbocycles. The van der Waals surface area contributed by atoms with E-state index in [9.17, 15) is 17.6 Å². The number of nitrogens with one attached hydrogen (secondary N) is 1. The van der Waals surface area contributed by atoms with Crippen LogP contribution in [-0.2, 0) is 17.5 Å². The summed E-state index contributed by atoms with van der Waals surface area (Å²) in [6, 6.07) is 5.16. The fraction of sp³-hybridized carbons (Fsp3) is 0.522. The van der Waals surface area contributed by atoms with Gasteiger partial charge in [0.1, 0.15) is 6.54 Å². The zero-order valence-corrected chi connectivity index (χ0v) is 19.7. The SMILES string of the molecule is CC1(C)CN(Nc2cccc(C(F)(F)F)c2)CCN1C=NCc1ncc(F)c(N2CCOCC2)n1. The number of rotatable bonds is 6. The summed E-state index contributed by atoms with van der Waals surface area (Å²) in [7, 11) is 0. The number of piperazine rings is 1. The minimum absolute atomic E-state index is 0.205. The van der Waals surface area contributed by atoms with Crippen LogP contribution in [0.4, 0.5) is 29.1 Å². The molecule has 0 amide bonds. The third-order valence-electron chi connectivity index (χ3n) is 5.98. The number of benzene rings is 1. The number of hydrazine groups is 1. The van der Waals surface area contributed by atoms with Crippen molar-refractivity contribution in [3.63, 3.8) is 0 Å². The fourth-order valence-corrected chi connectivity index (χ4v) is 4.11. The molecule has 4 rings (SSSR count). The summed E-state index contributed by atoms with van der Waals surface area (Å²) in [5.41, 5.74) is 2.46. The van der Waals surface area contributed by atoms with E-state index in [4.69, 9.17) is 4.74 Å². The molecule has 0 spiro atoms. The van der Waals surface area contributed by atoms with E-state index < -0.39 is 17.6 Å². The number of aromatic nitrogens is 2. The van der Waals surface area contributed by atoms with E-state index in [1.165, 1.54) is 12.3 Å². The molecule has 3 heterocycles. The Bertz CT molecular complexity index is 1040. The summed E-state index contributed by atoms with van der Waals surface area (Å²) >= 11 is 0. The van der Waals surface area contributed by atoms with E-state index in [0.717, 1.165) is 12.1 Å². The summed E-state index contributed by atoms with van der Waals surface area (Å²) < 4.78 is 58.5. The predicted octanol–water partition coefficient (Wildman–Crippen LogP) is 3.42. The number of halogens is 4. The molecule has 190 valence electrons. The molecule has 2 aromatic rings. The number of hydrogen-bond donors (Lipinski definition) is 1. The highest BCUT2D eigenvalue weighted by molar-refractivity contribution is 5.57. The lowest BCUT2D eigenvalue weighted by Gasteiger charge is -2.46. The molecule has 0 saturated carbocycles. The first-order valence-corrected chi connectivity index (χ1v) is 11.4. The van der Waals surface area contributed by atoms with Crippen LogP contribution in [0.2, 0.25) is 0 Å². The zero-order valence-electron chi connectivity index (χ0n) is 19.7. The summed E-state index contributed by atoms with van der Waals surface area (Å²) in [5, 5.41) is 1.90. The van der Waals surface area contributed by atoms with E-state index in [-0.39, 0.29) is 17.9 Å². The molecule has 2 fully saturated rings. The van der Waals surface area contributed by atoms with Crippen LogP contribution in [0.3, 0.4) is 0 Å². The molecule has 8 nitrogen and oxygen atoms in total. The molecular formula is C23H29F4N7O. The third kappa shape index (κ3) is 6.37. The first-order chi connectivity index (χ1) is 16.6. The molecule has 2 aliphatic heterocycles. The van der Waals surface area contributed by atoms with Gasteiger partial charge in [0.15, 0.2) is 17.5 Å². The van der Waals surface area contributed by atoms with Crippen LogP contribution in [0.25, 0.3) is 0 Å². The molecule has 35 heavy (non-hydrogen) atoms. The van der Waals surface area contributed by atoms with Gasteiger partial charge in [0, 0.05) is 44.0 Å². The number of hydrogen-bond acceptors (Lipinski definition) is 7. The van der Waals surface area contributed by atoms with Gasteiger partial charge in [-0.2, -0.15) is 13.2 Å². The molecule has 2 saturated heterocycles. The van der Waals surface area contributed by atoms with Crippen molar-refractivity contribution in [2.45, 2.75) is 32.1 Å². The summed E-state index contributed by atoms with van der Waals surface area (Å²) in [6.45, 7) is 8.23. The van der Waals surface area contributed by atoms with Crippen molar-refractivity contribution in [3.05, 3.63) is 47.7 Å². The molecule has 0 bridgehead atoms. The second-order valence-electron chi connectivity index (χ2n) is 9.13. The van der Waals surface area contributed by atoms with Gasteiger partial charge >= 0.3 is 6.18 Å². The average molecular weight is 496 g/mol. The zero-order chi connectivity index (χ0) is 25.1. The number of nitrogens with zero attached hydrogens (tertiary/aromatic N) is 6. The maximum atomic E-state index is 14.2. The van der Waals surface area contributed by atoms with Crippen molar-refractivity contribution in [2.24, 2.45) is 4.99 Å². The van der Waals surface area contributed by atoms with Gasteiger partial charge < -0.3 is 20.0 Å². The molecular weight excluding hydrogens is 466 g/mol. The minimum atomic E-state index is -4.39. The van der Waals surface area contributed by atoms with Crippen LogP contribution < -0.4 is 10.3 Å². The largest absolute Gasteiger partial charge is 0.416 e. The van der Waals surface area contributed by atoms with E-state index in [2.05, 4.69) is 25.3 Å². The fourth-order valence-electron chi connectivity index (χ4n) is 4.11. The number of ether oxygens (including phenoxy) is 1. The van der Waals surface area contributed by atoms with E-state index in [1.54, 1.807) is 12.4 Å².